The van der Waals surface area contributed by atoms with Gasteiger partial charge in [0.2, 0.25) is 0 Å². The van der Waals surface area contributed by atoms with E-state index in [1.165, 1.54) is 16.0 Å². The Morgan fingerprint density at radius 2 is 1.59 bits per heavy atom. The Bertz CT molecular complexity index is 1980. The Hall–Kier alpha value is -2.27. The summed E-state index contributed by atoms with van der Waals surface area (Å²) < 4.78 is 0. The number of carbonyl (C=O) groups excluding carboxylic acids is 1. The van der Waals surface area contributed by atoms with Gasteiger partial charge in [-0.05, 0) is 144 Å². The highest BCUT2D eigenvalue weighted by Crippen LogP contribution is 2.82. The first kappa shape index (κ1) is 36.1. The third-order valence-electron chi connectivity index (χ3n) is 19.5. The molecule has 10 aliphatic rings. The molecule has 6 saturated carbocycles. The predicted octanol–water partition coefficient (Wildman–Crippen LogP) is 5.20. The van der Waals surface area contributed by atoms with E-state index in [0.29, 0.717) is 19.3 Å². The van der Waals surface area contributed by atoms with Crippen LogP contribution in [-0.4, -0.2) is 62.3 Å². The summed E-state index contributed by atoms with van der Waals surface area (Å²) in [5, 5.41) is 62.3. The molecule has 0 aliphatic heterocycles. The van der Waals surface area contributed by atoms with E-state index >= 15 is 4.79 Å². The molecule has 4 bridgehead atoms. The minimum atomic E-state index is -1.11. The average Bonchev–Trinajstić information content (AvgIpc) is 3.61. The lowest BCUT2D eigenvalue weighted by Gasteiger charge is -2.75. The number of aliphatic hydroxyl groups excluding tert-OH is 5. The summed E-state index contributed by atoms with van der Waals surface area (Å²) in [5.74, 6) is 6.43. The van der Waals surface area contributed by atoms with Crippen molar-refractivity contribution < 1.29 is 30.3 Å². The van der Waals surface area contributed by atoms with Crippen molar-refractivity contribution in [2.45, 2.75) is 141 Å². The summed E-state index contributed by atoms with van der Waals surface area (Å²) in [4.78, 5) is 15.9. The smallest absolute Gasteiger partial charge is 0.159 e. The quantitative estimate of drug-likeness (QED) is 0.267. The molecule has 6 fully saturated rings. The molecule has 11 rings (SSSR count). The van der Waals surface area contributed by atoms with Gasteiger partial charge in [-0.2, -0.15) is 0 Å². The van der Waals surface area contributed by atoms with Crippen LogP contribution in [0.4, 0.5) is 0 Å². The van der Waals surface area contributed by atoms with Crippen molar-refractivity contribution in [3.8, 4) is 11.8 Å². The van der Waals surface area contributed by atoms with Crippen molar-refractivity contribution in [2.75, 3.05) is 6.61 Å². The normalized spacial score (nSPS) is 51.3. The van der Waals surface area contributed by atoms with Gasteiger partial charge in [-0.25, -0.2) is 0 Å². The summed E-state index contributed by atoms with van der Waals surface area (Å²) in [5.41, 5.74) is -2.31. The third kappa shape index (κ3) is 4.10. The molecule has 10 aliphatic carbocycles. The van der Waals surface area contributed by atoms with Gasteiger partial charge in [0.25, 0.3) is 0 Å². The van der Waals surface area contributed by atoms with Crippen molar-refractivity contribution in [1.82, 2.24) is 0 Å². The van der Waals surface area contributed by atoms with Crippen LogP contribution in [0.2, 0.25) is 0 Å². The van der Waals surface area contributed by atoms with Gasteiger partial charge in [-0.1, -0.05) is 81.5 Å². The maximum atomic E-state index is 15.9. The van der Waals surface area contributed by atoms with E-state index in [2.05, 4.69) is 68.2 Å². The minimum absolute atomic E-state index is 0.00233. The highest BCUT2D eigenvalue weighted by molar-refractivity contribution is 5.96. The molecule has 6 nitrogen and oxygen atoms in total. The van der Waals surface area contributed by atoms with Crippen LogP contribution < -0.4 is 10.4 Å². The van der Waals surface area contributed by atoms with E-state index in [0.717, 1.165) is 77.0 Å². The zero-order valence-electron chi connectivity index (χ0n) is 32.7. The molecule has 6 heteroatoms. The van der Waals surface area contributed by atoms with Crippen LogP contribution in [0, 0.1) is 79.3 Å². The lowest BCUT2D eigenvalue weighted by Crippen LogP contribution is -2.74. The highest BCUT2D eigenvalue weighted by Gasteiger charge is 2.79. The number of hydrogen-bond acceptors (Lipinski definition) is 6. The lowest BCUT2D eigenvalue weighted by molar-refractivity contribution is -0.266. The maximum Gasteiger partial charge on any atom is 0.159 e. The highest BCUT2D eigenvalue weighted by atomic mass is 16.3. The summed E-state index contributed by atoms with van der Waals surface area (Å²) >= 11 is 0. The second kappa shape index (κ2) is 11.7. The molecule has 0 amide bonds. The number of ketones is 1. The van der Waals surface area contributed by atoms with Crippen molar-refractivity contribution in [1.29, 1.82) is 0 Å². The molecule has 1 aromatic carbocycles. The second-order valence-corrected chi connectivity index (χ2v) is 21.0. The number of fused-ring (bicyclic) bond motifs is 6. The van der Waals surface area contributed by atoms with Gasteiger partial charge in [-0.15, -0.1) is 5.92 Å². The lowest BCUT2D eigenvalue weighted by atomic mass is 9.29. The van der Waals surface area contributed by atoms with Crippen molar-refractivity contribution >= 4 is 17.9 Å². The van der Waals surface area contributed by atoms with E-state index in [1.807, 2.05) is 6.92 Å². The van der Waals surface area contributed by atoms with Gasteiger partial charge in [-0.3, -0.25) is 4.79 Å². The molecular weight excluding hydrogens is 673 g/mol. The number of hydrogen-bond donors (Lipinski definition) is 5. The summed E-state index contributed by atoms with van der Waals surface area (Å²) in [6.07, 6.45) is 16.1. The molecule has 54 heavy (non-hydrogen) atoms. The van der Waals surface area contributed by atoms with Gasteiger partial charge in [0.15, 0.2) is 5.78 Å². The average molecular weight is 735 g/mol. The Morgan fingerprint density at radius 3 is 2.33 bits per heavy atom. The van der Waals surface area contributed by atoms with Crippen LogP contribution in [0.5, 0.6) is 0 Å². The zero-order valence-corrected chi connectivity index (χ0v) is 32.7. The Kier molecular flexibility index (Phi) is 7.79. The largest absolute Gasteiger partial charge is 0.394 e. The molecule has 15 atom stereocenters. The van der Waals surface area contributed by atoms with Crippen molar-refractivity contribution in [3.05, 3.63) is 46.4 Å². The maximum absolute atomic E-state index is 15.9. The Labute approximate surface area is 321 Å². The van der Waals surface area contributed by atoms with Gasteiger partial charge in [0.05, 0.1) is 24.9 Å². The molecule has 0 heterocycles. The van der Waals surface area contributed by atoms with E-state index in [9.17, 15) is 25.5 Å². The Morgan fingerprint density at radius 1 is 0.870 bits per heavy atom. The Balaban J connectivity index is 1.23. The SMILES string of the molecule is CC12CCC#CC(O)C3(C(O)CC4(C)C(=CC(=O)C5C67CCC(O)C(C)(C(O)CO)C6CCC54CCC4C=c5ccccc5=CC47)C3C1)C1(CCCC1)C2. The fraction of sp³-hybridized carbons (Fsp3) is 0.729. The predicted molar refractivity (Wildman–Crippen MR) is 207 cm³/mol. The first-order valence-corrected chi connectivity index (χ1v) is 21.6. The van der Waals surface area contributed by atoms with Crippen LogP contribution in [0.15, 0.2) is 35.9 Å². The minimum Gasteiger partial charge on any atom is -0.394 e. The van der Waals surface area contributed by atoms with Crippen LogP contribution in [0.25, 0.3) is 12.2 Å². The van der Waals surface area contributed by atoms with Gasteiger partial charge in [0, 0.05) is 23.2 Å². The molecule has 0 radical (unpaired) electrons. The number of rotatable bonds is 2. The van der Waals surface area contributed by atoms with E-state index < -0.39 is 58.1 Å². The zero-order chi connectivity index (χ0) is 37.7. The van der Waals surface area contributed by atoms with Gasteiger partial charge in [0.1, 0.15) is 6.10 Å². The van der Waals surface area contributed by atoms with Gasteiger partial charge >= 0.3 is 0 Å². The number of aliphatic hydroxyl groups is 5. The van der Waals surface area contributed by atoms with Crippen molar-refractivity contribution in [2.24, 2.45) is 67.5 Å². The molecule has 5 N–H and O–H groups in total. The van der Waals surface area contributed by atoms with E-state index in [-0.39, 0.29) is 46.2 Å². The first-order chi connectivity index (χ1) is 25.8. The fourth-order valence-corrected chi connectivity index (χ4v) is 17.5. The van der Waals surface area contributed by atoms with Crippen LogP contribution >= 0.6 is 0 Å². The number of carbonyl (C=O) groups is 1. The standard InChI is InChI=1S/C48H62O6/c1-42-16-7-6-12-38(52)48(45(28-42)17-8-9-18-45)34(25-42)33-24-35(50)41-46(43(33,2)26-39(48)53)19-13-31-22-29-10-4-5-11-30(29)23-32(31)47(41)21-15-37(51)44(3,40(54)27-49)36(47)14-20-46/h4-5,10-11,22-24,31-32,34,36-41,49,51-54H,7-9,13-21,25-28H2,1-3H3. The molecule has 15 unspecified atom stereocenters. The molecular formula is C48H62O6. The monoisotopic (exact) mass is 734 g/mol. The molecule has 3 spiro atoms. The molecule has 0 aromatic heterocycles. The van der Waals surface area contributed by atoms with Crippen LogP contribution in [0.1, 0.15) is 117 Å². The number of allylic oxidation sites excluding steroid dienone is 2. The molecule has 1 aromatic rings. The van der Waals surface area contributed by atoms with E-state index in [1.54, 1.807) is 0 Å². The van der Waals surface area contributed by atoms with Crippen molar-refractivity contribution in [3.63, 3.8) is 0 Å². The topological polar surface area (TPSA) is 118 Å². The summed E-state index contributed by atoms with van der Waals surface area (Å²) in [6, 6.07) is 8.58. The van der Waals surface area contributed by atoms with Gasteiger partial charge < -0.3 is 25.5 Å². The molecule has 0 saturated heterocycles. The summed E-state index contributed by atoms with van der Waals surface area (Å²) in [7, 11) is 0. The number of benzene rings is 1. The second-order valence-electron chi connectivity index (χ2n) is 21.0. The van der Waals surface area contributed by atoms with Crippen LogP contribution in [-0.2, 0) is 4.79 Å². The first-order valence-electron chi connectivity index (χ1n) is 21.6. The fourth-order valence-electron chi connectivity index (χ4n) is 17.5. The molecule has 290 valence electrons. The third-order valence-corrected chi connectivity index (χ3v) is 19.5. The van der Waals surface area contributed by atoms with E-state index in [4.69, 9.17) is 0 Å². The van der Waals surface area contributed by atoms with Crippen LogP contribution in [0.3, 0.4) is 0 Å². The summed E-state index contributed by atoms with van der Waals surface area (Å²) in [6.45, 7) is 6.39.